The molecule has 5 nitrogen and oxygen atoms in total. The number of ether oxygens (including phenoxy) is 3. The molecule has 2 N–H and O–H groups in total. The van der Waals surface area contributed by atoms with Crippen molar-refractivity contribution in [3.63, 3.8) is 0 Å². The molecule has 100 valence electrons. The average Bonchev–Trinajstić information content (AvgIpc) is 2.36. The van der Waals surface area contributed by atoms with Gasteiger partial charge in [0, 0.05) is 6.61 Å². The van der Waals surface area contributed by atoms with Crippen molar-refractivity contribution in [3.8, 4) is 5.75 Å². The Hall–Kier alpha value is -1.75. The molecule has 0 aliphatic carbocycles. The van der Waals surface area contributed by atoms with E-state index in [9.17, 15) is 4.79 Å². The number of hydrogen-bond donors (Lipinski definition) is 1. The molecule has 0 amide bonds. The first-order valence-corrected chi connectivity index (χ1v) is 5.96. The average molecular weight is 253 g/mol. The second kappa shape index (κ2) is 7.55. The predicted molar refractivity (Wildman–Crippen MR) is 68.8 cm³/mol. The van der Waals surface area contributed by atoms with Crippen molar-refractivity contribution in [1.82, 2.24) is 0 Å². The Morgan fingerprint density at radius 3 is 2.61 bits per heavy atom. The minimum atomic E-state index is -0.384. The zero-order valence-corrected chi connectivity index (χ0v) is 10.8. The number of benzene rings is 1. The van der Waals surface area contributed by atoms with Crippen LogP contribution < -0.4 is 10.5 Å². The van der Waals surface area contributed by atoms with Crippen LogP contribution in [0.1, 0.15) is 24.2 Å². The van der Waals surface area contributed by atoms with Crippen molar-refractivity contribution in [2.75, 3.05) is 32.2 Å². The van der Waals surface area contributed by atoms with Gasteiger partial charge >= 0.3 is 5.97 Å². The fraction of sp³-hybridized carbons (Fsp3) is 0.462. The van der Waals surface area contributed by atoms with Crippen LogP contribution in [-0.4, -0.2) is 32.4 Å². The minimum Gasteiger partial charge on any atom is -0.489 e. The molecule has 0 saturated carbocycles. The van der Waals surface area contributed by atoms with Crippen molar-refractivity contribution in [3.05, 3.63) is 23.8 Å². The SMILES string of the molecule is CCOCCOc1ccc(C(=O)OCC)cc1N. The van der Waals surface area contributed by atoms with Crippen LogP contribution in [0.2, 0.25) is 0 Å². The predicted octanol–water partition coefficient (Wildman–Crippen LogP) is 1.86. The van der Waals surface area contributed by atoms with Gasteiger partial charge < -0.3 is 19.9 Å². The van der Waals surface area contributed by atoms with Crippen LogP contribution in [-0.2, 0) is 9.47 Å². The van der Waals surface area contributed by atoms with E-state index >= 15 is 0 Å². The van der Waals surface area contributed by atoms with Crippen molar-refractivity contribution in [1.29, 1.82) is 0 Å². The zero-order chi connectivity index (χ0) is 13.4. The molecule has 18 heavy (non-hydrogen) atoms. The highest BCUT2D eigenvalue weighted by Gasteiger charge is 2.09. The molecule has 1 rings (SSSR count). The molecular weight excluding hydrogens is 234 g/mol. The quantitative estimate of drug-likeness (QED) is 0.456. The molecule has 0 aromatic heterocycles. The van der Waals surface area contributed by atoms with Crippen LogP contribution in [0.5, 0.6) is 5.75 Å². The number of nitrogen functional groups attached to an aromatic ring is 1. The maximum atomic E-state index is 11.5. The minimum absolute atomic E-state index is 0.339. The van der Waals surface area contributed by atoms with E-state index in [1.165, 1.54) is 0 Å². The van der Waals surface area contributed by atoms with E-state index < -0.39 is 0 Å². The summed E-state index contributed by atoms with van der Waals surface area (Å²) < 4.78 is 15.5. The first kappa shape index (κ1) is 14.3. The normalized spacial score (nSPS) is 10.1. The van der Waals surface area contributed by atoms with Crippen LogP contribution in [0.3, 0.4) is 0 Å². The summed E-state index contributed by atoms with van der Waals surface area (Å²) in [6, 6.07) is 4.84. The third-order valence-electron chi connectivity index (χ3n) is 2.21. The fourth-order valence-corrected chi connectivity index (χ4v) is 1.38. The highest BCUT2D eigenvalue weighted by molar-refractivity contribution is 5.91. The summed E-state index contributed by atoms with van der Waals surface area (Å²) in [6.07, 6.45) is 0. The first-order valence-electron chi connectivity index (χ1n) is 5.96. The fourth-order valence-electron chi connectivity index (χ4n) is 1.38. The van der Waals surface area contributed by atoms with E-state index in [1.54, 1.807) is 25.1 Å². The lowest BCUT2D eigenvalue weighted by Crippen LogP contribution is -2.09. The number of hydrogen-bond acceptors (Lipinski definition) is 5. The number of carbonyl (C=O) groups is 1. The molecule has 0 spiro atoms. The van der Waals surface area contributed by atoms with Gasteiger partial charge in [-0.2, -0.15) is 0 Å². The molecule has 0 atom stereocenters. The molecule has 0 bridgehead atoms. The molecule has 0 aliphatic heterocycles. The van der Waals surface area contributed by atoms with E-state index in [0.29, 0.717) is 43.4 Å². The Morgan fingerprint density at radius 2 is 2.00 bits per heavy atom. The molecular formula is C13H19NO4. The van der Waals surface area contributed by atoms with Gasteiger partial charge in [-0.05, 0) is 32.0 Å². The molecule has 0 saturated heterocycles. The summed E-state index contributed by atoms with van der Waals surface area (Å²) in [6.45, 7) is 5.60. The largest absolute Gasteiger partial charge is 0.489 e. The lowest BCUT2D eigenvalue weighted by atomic mass is 10.2. The Kier molecular flexibility index (Phi) is 6.00. The molecule has 0 fully saturated rings. The van der Waals surface area contributed by atoms with Gasteiger partial charge in [-0.25, -0.2) is 4.79 Å². The van der Waals surface area contributed by atoms with Gasteiger partial charge in [-0.15, -0.1) is 0 Å². The van der Waals surface area contributed by atoms with Crippen LogP contribution in [0.4, 0.5) is 5.69 Å². The second-order valence-electron chi connectivity index (χ2n) is 3.52. The lowest BCUT2D eigenvalue weighted by molar-refractivity contribution is 0.0526. The number of anilines is 1. The van der Waals surface area contributed by atoms with Crippen molar-refractivity contribution in [2.24, 2.45) is 0 Å². The molecule has 5 heteroatoms. The lowest BCUT2D eigenvalue weighted by Gasteiger charge is -2.10. The third kappa shape index (κ3) is 4.25. The Morgan fingerprint density at radius 1 is 1.22 bits per heavy atom. The van der Waals surface area contributed by atoms with Gasteiger partial charge in [0.15, 0.2) is 0 Å². The molecule has 0 aliphatic rings. The van der Waals surface area contributed by atoms with E-state index in [1.807, 2.05) is 6.92 Å². The number of nitrogens with two attached hydrogens (primary N) is 1. The highest BCUT2D eigenvalue weighted by atomic mass is 16.5. The number of esters is 1. The van der Waals surface area contributed by atoms with E-state index in [4.69, 9.17) is 19.9 Å². The molecule has 0 unspecified atom stereocenters. The van der Waals surface area contributed by atoms with Crippen LogP contribution in [0, 0.1) is 0 Å². The van der Waals surface area contributed by atoms with Crippen LogP contribution in [0.25, 0.3) is 0 Å². The van der Waals surface area contributed by atoms with Crippen molar-refractivity contribution < 1.29 is 19.0 Å². The summed E-state index contributed by atoms with van der Waals surface area (Å²) in [5.74, 6) is 0.160. The van der Waals surface area contributed by atoms with Gasteiger partial charge in [0.2, 0.25) is 0 Å². The van der Waals surface area contributed by atoms with E-state index in [0.717, 1.165) is 0 Å². The first-order chi connectivity index (χ1) is 8.69. The number of carbonyl (C=O) groups excluding carboxylic acids is 1. The summed E-state index contributed by atoms with van der Waals surface area (Å²) in [5, 5.41) is 0. The van der Waals surface area contributed by atoms with E-state index in [2.05, 4.69) is 0 Å². The Balaban J connectivity index is 2.59. The summed E-state index contributed by atoms with van der Waals surface area (Å²) >= 11 is 0. The van der Waals surface area contributed by atoms with E-state index in [-0.39, 0.29) is 5.97 Å². The summed E-state index contributed by atoms with van der Waals surface area (Å²) in [4.78, 5) is 11.5. The Bertz CT molecular complexity index is 393. The van der Waals surface area contributed by atoms with Gasteiger partial charge in [-0.1, -0.05) is 0 Å². The van der Waals surface area contributed by atoms with Gasteiger partial charge in [0.05, 0.1) is 24.5 Å². The maximum absolute atomic E-state index is 11.5. The van der Waals surface area contributed by atoms with Gasteiger partial charge in [0.25, 0.3) is 0 Å². The smallest absolute Gasteiger partial charge is 0.338 e. The topological polar surface area (TPSA) is 70.8 Å². The van der Waals surface area contributed by atoms with Gasteiger partial charge in [-0.3, -0.25) is 0 Å². The maximum Gasteiger partial charge on any atom is 0.338 e. The van der Waals surface area contributed by atoms with Crippen LogP contribution >= 0.6 is 0 Å². The van der Waals surface area contributed by atoms with Gasteiger partial charge in [0.1, 0.15) is 12.4 Å². The zero-order valence-electron chi connectivity index (χ0n) is 10.8. The second-order valence-corrected chi connectivity index (χ2v) is 3.52. The van der Waals surface area contributed by atoms with Crippen molar-refractivity contribution in [2.45, 2.75) is 13.8 Å². The van der Waals surface area contributed by atoms with Crippen LogP contribution in [0.15, 0.2) is 18.2 Å². The highest BCUT2D eigenvalue weighted by Crippen LogP contribution is 2.22. The van der Waals surface area contributed by atoms with Crippen molar-refractivity contribution >= 4 is 11.7 Å². The standard InChI is InChI=1S/C13H19NO4/c1-3-16-7-8-18-12-6-5-10(9-11(12)14)13(15)17-4-2/h5-6,9H,3-4,7-8,14H2,1-2H3. The monoisotopic (exact) mass is 253 g/mol. The molecule has 0 heterocycles. The summed E-state index contributed by atoms with van der Waals surface area (Å²) in [5.41, 5.74) is 6.63. The molecule has 0 radical (unpaired) electrons. The number of rotatable bonds is 7. The molecule has 1 aromatic rings. The Labute approximate surface area is 107 Å². The summed E-state index contributed by atoms with van der Waals surface area (Å²) in [7, 11) is 0. The molecule has 1 aromatic carbocycles. The third-order valence-corrected chi connectivity index (χ3v) is 2.21.